The van der Waals surface area contributed by atoms with Gasteiger partial charge in [0.25, 0.3) is 0 Å². The SMILES string of the molecule is COc1ccc(C)cc1C(N)c1cc(C)c(C)cc1C. The number of methoxy groups -OCH3 is 1. The monoisotopic (exact) mass is 269 g/mol. The smallest absolute Gasteiger partial charge is 0.123 e. The maximum Gasteiger partial charge on any atom is 0.123 e. The van der Waals surface area contributed by atoms with Gasteiger partial charge in [0, 0.05) is 5.56 Å². The second-order valence-electron chi connectivity index (χ2n) is 5.52. The quantitative estimate of drug-likeness (QED) is 0.914. The first kappa shape index (κ1) is 14.6. The molecule has 0 amide bonds. The van der Waals surface area contributed by atoms with E-state index in [4.69, 9.17) is 10.5 Å². The summed E-state index contributed by atoms with van der Waals surface area (Å²) in [7, 11) is 1.69. The Morgan fingerprint density at radius 1 is 0.850 bits per heavy atom. The fraction of sp³-hybridized carbons (Fsp3) is 0.333. The lowest BCUT2D eigenvalue weighted by Crippen LogP contribution is -2.15. The van der Waals surface area contributed by atoms with Crippen LogP contribution >= 0.6 is 0 Å². The van der Waals surface area contributed by atoms with Crippen molar-refractivity contribution in [1.29, 1.82) is 0 Å². The van der Waals surface area contributed by atoms with Gasteiger partial charge in [0.1, 0.15) is 5.75 Å². The summed E-state index contributed by atoms with van der Waals surface area (Å²) in [5, 5.41) is 0. The van der Waals surface area contributed by atoms with Gasteiger partial charge in [-0.05, 0) is 56.0 Å². The molecular formula is C18H23NO. The van der Waals surface area contributed by atoms with E-state index < -0.39 is 0 Å². The van der Waals surface area contributed by atoms with Crippen molar-refractivity contribution in [2.24, 2.45) is 5.73 Å². The fourth-order valence-corrected chi connectivity index (χ4v) is 2.58. The number of benzene rings is 2. The van der Waals surface area contributed by atoms with Gasteiger partial charge < -0.3 is 10.5 Å². The molecule has 0 aliphatic carbocycles. The molecule has 2 aromatic carbocycles. The van der Waals surface area contributed by atoms with Gasteiger partial charge in [-0.2, -0.15) is 0 Å². The molecule has 0 fully saturated rings. The molecule has 2 aromatic rings. The van der Waals surface area contributed by atoms with Crippen molar-refractivity contribution < 1.29 is 4.74 Å². The Morgan fingerprint density at radius 3 is 2.15 bits per heavy atom. The van der Waals surface area contributed by atoms with E-state index in [-0.39, 0.29) is 6.04 Å². The molecule has 2 N–H and O–H groups in total. The van der Waals surface area contributed by atoms with Crippen LogP contribution in [0.1, 0.15) is 39.4 Å². The molecule has 0 saturated carbocycles. The molecule has 20 heavy (non-hydrogen) atoms. The van der Waals surface area contributed by atoms with Crippen LogP contribution in [0.3, 0.4) is 0 Å². The second kappa shape index (κ2) is 5.68. The van der Waals surface area contributed by atoms with Crippen LogP contribution in [0.2, 0.25) is 0 Å². The minimum Gasteiger partial charge on any atom is -0.496 e. The van der Waals surface area contributed by atoms with E-state index >= 15 is 0 Å². The summed E-state index contributed by atoms with van der Waals surface area (Å²) in [5.74, 6) is 0.848. The molecule has 0 heterocycles. The molecule has 2 nitrogen and oxygen atoms in total. The molecule has 0 spiro atoms. The van der Waals surface area contributed by atoms with Crippen molar-refractivity contribution in [1.82, 2.24) is 0 Å². The third-order valence-corrected chi connectivity index (χ3v) is 3.94. The van der Waals surface area contributed by atoms with Crippen LogP contribution in [-0.2, 0) is 0 Å². The Bertz CT molecular complexity index is 632. The van der Waals surface area contributed by atoms with Crippen molar-refractivity contribution in [3.05, 3.63) is 63.7 Å². The van der Waals surface area contributed by atoms with E-state index in [0.717, 1.165) is 16.9 Å². The van der Waals surface area contributed by atoms with Crippen LogP contribution in [0.5, 0.6) is 5.75 Å². The van der Waals surface area contributed by atoms with Gasteiger partial charge >= 0.3 is 0 Å². The lowest BCUT2D eigenvalue weighted by Gasteiger charge is -2.20. The highest BCUT2D eigenvalue weighted by molar-refractivity contribution is 5.47. The molecule has 1 unspecified atom stereocenters. The van der Waals surface area contributed by atoms with Crippen molar-refractivity contribution in [2.75, 3.05) is 7.11 Å². The van der Waals surface area contributed by atoms with E-state index in [1.165, 1.54) is 22.3 Å². The van der Waals surface area contributed by atoms with Crippen molar-refractivity contribution in [3.8, 4) is 5.75 Å². The summed E-state index contributed by atoms with van der Waals surface area (Å²) in [5.41, 5.74) is 13.7. The Kier molecular flexibility index (Phi) is 4.15. The van der Waals surface area contributed by atoms with Gasteiger partial charge in [0.15, 0.2) is 0 Å². The highest BCUT2D eigenvalue weighted by Gasteiger charge is 2.17. The number of hydrogen-bond acceptors (Lipinski definition) is 2. The lowest BCUT2D eigenvalue weighted by molar-refractivity contribution is 0.407. The summed E-state index contributed by atoms with van der Waals surface area (Å²) >= 11 is 0. The van der Waals surface area contributed by atoms with Crippen molar-refractivity contribution in [2.45, 2.75) is 33.7 Å². The zero-order chi connectivity index (χ0) is 14.9. The first-order valence-corrected chi connectivity index (χ1v) is 6.92. The van der Waals surface area contributed by atoms with Crippen LogP contribution in [0, 0.1) is 27.7 Å². The fourth-order valence-electron chi connectivity index (χ4n) is 2.58. The maximum atomic E-state index is 6.50. The highest BCUT2D eigenvalue weighted by Crippen LogP contribution is 2.31. The Balaban J connectivity index is 2.54. The summed E-state index contributed by atoms with van der Waals surface area (Å²) in [4.78, 5) is 0. The number of ether oxygens (including phenoxy) is 1. The molecule has 0 aliphatic rings. The summed E-state index contributed by atoms with van der Waals surface area (Å²) in [6, 6.07) is 10.4. The molecule has 106 valence electrons. The molecule has 0 aliphatic heterocycles. The molecule has 0 bridgehead atoms. The van der Waals surface area contributed by atoms with Crippen molar-refractivity contribution >= 4 is 0 Å². The Hall–Kier alpha value is -1.80. The molecular weight excluding hydrogens is 246 g/mol. The zero-order valence-corrected chi connectivity index (χ0v) is 12.9. The molecule has 2 heteroatoms. The summed E-state index contributed by atoms with van der Waals surface area (Å²) in [6.07, 6.45) is 0. The average Bonchev–Trinajstić information content (AvgIpc) is 2.42. The average molecular weight is 269 g/mol. The predicted octanol–water partition coefficient (Wildman–Crippen LogP) is 3.98. The summed E-state index contributed by atoms with van der Waals surface area (Å²) in [6.45, 7) is 8.44. The third kappa shape index (κ3) is 2.70. The number of nitrogens with two attached hydrogens (primary N) is 1. The van der Waals surface area contributed by atoms with Gasteiger partial charge in [0.05, 0.1) is 13.2 Å². The van der Waals surface area contributed by atoms with Crippen molar-refractivity contribution in [3.63, 3.8) is 0 Å². The van der Waals surface area contributed by atoms with Crippen LogP contribution in [-0.4, -0.2) is 7.11 Å². The number of aryl methyl sites for hydroxylation is 4. The molecule has 0 aromatic heterocycles. The minimum absolute atomic E-state index is 0.163. The third-order valence-electron chi connectivity index (χ3n) is 3.94. The first-order valence-electron chi connectivity index (χ1n) is 6.92. The second-order valence-corrected chi connectivity index (χ2v) is 5.52. The summed E-state index contributed by atoms with van der Waals surface area (Å²) < 4.78 is 5.46. The Labute approximate surface area is 121 Å². The molecule has 1 atom stereocenters. The van der Waals surface area contributed by atoms with Gasteiger partial charge in [-0.3, -0.25) is 0 Å². The standard InChI is InChI=1S/C18H23NO/c1-11-6-7-17(20-5)16(8-11)18(19)15-10-13(3)12(2)9-14(15)4/h6-10,18H,19H2,1-5H3. The molecule has 2 rings (SSSR count). The van der Waals surface area contributed by atoms with Crippen LogP contribution in [0.4, 0.5) is 0 Å². The lowest BCUT2D eigenvalue weighted by atomic mass is 9.91. The van der Waals surface area contributed by atoms with Gasteiger partial charge in [0.2, 0.25) is 0 Å². The van der Waals surface area contributed by atoms with Crippen LogP contribution < -0.4 is 10.5 Å². The van der Waals surface area contributed by atoms with E-state index in [9.17, 15) is 0 Å². The number of rotatable bonds is 3. The van der Waals surface area contributed by atoms with Crippen LogP contribution in [0.25, 0.3) is 0 Å². The van der Waals surface area contributed by atoms with E-state index in [1.807, 2.05) is 12.1 Å². The molecule has 0 saturated heterocycles. The normalized spacial score (nSPS) is 12.3. The van der Waals surface area contributed by atoms with E-state index in [0.29, 0.717) is 0 Å². The van der Waals surface area contributed by atoms with Gasteiger partial charge in [-0.25, -0.2) is 0 Å². The molecule has 0 radical (unpaired) electrons. The van der Waals surface area contributed by atoms with E-state index in [2.05, 4.69) is 45.9 Å². The van der Waals surface area contributed by atoms with Crippen LogP contribution in [0.15, 0.2) is 30.3 Å². The predicted molar refractivity (Wildman–Crippen MR) is 84.4 cm³/mol. The maximum absolute atomic E-state index is 6.50. The highest BCUT2D eigenvalue weighted by atomic mass is 16.5. The topological polar surface area (TPSA) is 35.2 Å². The van der Waals surface area contributed by atoms with Gasteiger partial charge in [-0.1, -0.05) is 29.8 Å². The van der Waals surface area contributed by atoms with Gasteiger partial charge in [-0.15, -0.1) is 0 Å². The zero-order valence-electron chi connectivity index (χ0n) is 12.9. The van der Waals surface area contributed by atoms with E-state index in [1.54, 1.807) is 7.11 Å². The first-order chi connectivity index (χ1) is 9.43. The minimum atomic E-state index is -0.163. The Morgan fingerprint density at radius 2 is 1.50 bits per heavy atom. The number of hydrogen-bond donors (Lipinski definition) is 1. The largest absolute Gasteiger partial charge is 0.496 e.